The first-order chi connectivity index (χ1) is 14.6. The van der Waals surface area contributed by atoms with Crippen LogP contribution >= 0.6 is 23.2 Å². The molecule has 2 N–H and O–H groups in total. The van der Waals surface area contributed by atoms with E-state index in [-0.39, 0.29) is 5.28 Å². The van der Waals surface area contributed by atoms with Gasteiger partial charge in [0.25, 0.3) is 0 Å². The lowest BCUT2D eigenvalue weighted by atomic mass is 10.1. The predicted molar refractivity (Wildman–Crippen MR) is 125 cm³/mol. The molecule has 0 saturated heterocycles. The van der Waals surface area contributed by atoms with E-state index in [1.54, 1.807) is 12.3 Å². The summed E-state index contributed by atoms with van der Waals surface area (Å²) >= 11 is 11.9. The molecule has 0 unspecified atom stereocenters. The van der Waals surface area contributed by atoms with Crippen molar-refractivity contribution < 1.29 is 9.90 Å². The smallest absolute Gasteiger partial charge is 0.412 e. The van der Waals surface area contributed by atoms with Crippen LogP contribution in [-0.4, -0.2) is 31.7 Å². The molecule has 0 atom stereocenters. The van der Waals surface area contributed by atoms with Crippen LogP contribution in [0, 0.1) is 0 Å². The van der Waals surface area contributed by atoms with Crippen molar-refractivity contribution in [2.45, 2.75) is 26.3 Å². The van der Waals surface area contributed by atoms with E-state index in [2.05, 4.69) is 20.3 Å². The molecule has 1 amide bonds. The average Bonchev–Trinajstić information content (AvgIpc) is 2.68. The summed E-state index contributed by atoms with van der Waals surface area (Å²) < 4.78 is 0. The molecular formula is C22H21Cl2N5O2. The van der Waals surface area contributed by atoms with E-state index in [4.69, 9.17) is 23.2 Å². The van der Waals surface area contributed by atoms with Crippen molar-refractivity contribution >= 4 is 58.6 Å². The van der Waals surface area contributed by atoms with Crippen molar-refractivity contribution in [2.75, 3.05) is 10.2 Å². The molecule has 7 nitrogen and oxygen atoms in total. The van der Waals surface area contributed by atoms with E-state index in [1.807, 2.05) is 57.2 Å². The molecule has 9 heteroatoms. The van der Waals surface area contributed by atoms with Gasteiger partial charge < -0.3 is 10.4 Å². The molecule has 0 radical (unpaired) electrons. The monoisotopic (exact) mass is 457 g/mol. The van der Waals surface area contributed by atoms with Gasteiger partial charge in [-0.05, 0) is 61.7 Å². The molecule has 160 valence electrons. The van der Waals surface area contributed by atoms with Crippen LogP contribution in [0.2, 0.25) is 10.3 Å². The standard InChI is InChI=1S/C22H21Cl2N5O2/c1-22(2,3)29(21(30)31)17-10-15(11-25-12-17)8-7-14-5-4-6-16(9-14)27-19-18(23)13-26-20(24)28-19/h4-13H,1-3H3,(H,30,31)(H,26,27,28)/b8-7-. The first kappa shape index (κ1) is 22.5. The van der Waals surface area contributed by atoms with Crippen LogP contribution in [0.5, 0.6) is 0 Å². The summed E-state index contributed by atoms with van der Waals surface area (Å²) in [5, 5.41) is 13.2. The summed E-state index contributed by atoms with van der Waals surface area (Å²) in [6, 6.07) is 9.40. The zero-order valence-corrected chi connectivity index (χ0v) is 18.7. The van der Waals surface area contributed by atoms with Crippen LogP contribution in [0.1, 0.15) is 31.9 Å². The Kier molecular flexibility index (Phi) is 6.77. The van der Waals surface area contributed by atoms with Gasteiger partial charge >= 0.3 is 6.09 Å². The largest absolute Gasteiger partial charge is 0.465 e. The van der Waals surface area contributed by atoms with E-state index < -0.39 is 11.6 Å². The average molecular weight is 458 g/mol. The van der Waals surface area contributed by atoms with Crippen LogP contribution in [0.25, 0.3) is 12.2 Å². The Morgan fingerprint density at radius 2 is 1.84 bits per heavy atom. The molecule has 0 bridgehead atoms. The molecular weight excluding hydrogens is 437 g/mol. The number of hydrogen-bond acceptors (Lipinski definition) is 5. The quantitative estimate of drug-likeness (QED) is 0.432. The Labute approximate surface area is 190 Å². The number of anilines is 3. The minimum atomic E-state index is -1.03. The summed E-state index contributed by atoms with van der Waals surface area (Å²) in [5.74, 6) is 0.413. The lowest BCUT2D eigenvalue weighted by Gasteiger charge is -2.32. The fourth-order valence-corrected chi connectivity index (χ4v) is 3.20. The van der Waals surface area contributed by atoms with Crippen LogP contribution in [0.4, 0.5) is 22.0 Å². The highest BCUT2D eigenvalue weighted by Crippen LogP contribution is 2.26. The van der Waals surface area contributed by atoms with Gasteiger partial charge in [0.15, 0.2) is 5.82 Å². The number of benzene rings is 1. The second-order valence-electron chi connectivity index (χ2n) is 7.68. The number of carbonyl (C=O) groups is 1. The third kappa shape index (κ3) is 5.93. The van der Waals surface area contributed by atoms with E-state index in [1.165, 1.54) is 17.3 Å². The Morgan fingerprint density at radius 3 is 2.55 bits per heavy atom. The molecule has 1 aromatic carbocycles. The van der Waals surface area contributed by atoms with Gasteiger partial charge in [0.1, 0.15) is 5.02 Å². The van der Waals surface area contributed by atoms with Crippen molar-refractivity contribution in [1.82, 2.24) is 15.0 Å². The van der Waals surface area contributed by atoms with E-state index in [0.717, 1.165) is 16.8 Å². The zero-order valence-electron chi connectivity index (χ0n) is 17.2. The molecule has 3 rings (SSSR count). The number of halogens is 2. The predicted octanol–water partition coefficient (Wildman–Crippen LogP) is 6.38. The van der Waals surface area contributed by atoms with Crippen LogP contribution in [-0.2, 0) is 0 Å². The topological polar surface area (TPSA) is 91.2 Å². The van der Waals surface area contributed by atoms with E-state index in [9.17, 15) is 9.90 Å². The van der Waals surface area contributed by atoms with Gasteiger partial charge in [-0.15, -0.1) is 0 Å². The third-order valence-electron chi connectivity index (χ3n) is 4.20. The first-order valence-electron chi connectivity index (χ1n) is 9.35. The molecule has 2 aromatic heterocycles. The molecule has 0 aliphatic carbocycles. The summed E-state index contributed by atoms with van der Waals surface area (Å²) in [6.07, 6.45) is 7.39. The van der Waals surface area contributed by atoms with Crippen molar-refractivity contribution in [2.24, 2.45) is 0 Å². The van der Waals surface area contributed by atoms with Crippen LogP contribution in [0.15, 0.2) is 48.9 Å². The van der Waals surface area contributed by atoms with Gasteiger partial charge in [0.05, 0.1) is 18.1 Å². The molecule has 0 spiro atoms. The number of amides is 1. The summed E-state index contributed by atoms with van der Waals surface area (Å²) in [6.45, 7) is 5.50. The van der Waals surface area contributed by atoms with Crippen molar-refractivity contribution in [3.8, 4) is 0 Å². The lowest BCUT2D eigenvalue weighted by Crippen LogP contribution is -2.45. The summed E-state index contributed by atoms with van der Waals surface area (Å²) in [7, 11) is 0. The molecule has 3 aromatic rings. The molecule has 31 heavy (non-hydrogen) atoms. The van der Waals surface area contributed by atoms with Gasteiger partial charge in [-0.1, -0.05) is 35.9 Å². The maximum Gasteiger partial charge on any atom is 0.412 e. The highest BCUT2D eigenvalue weighted by molar-refractivity contribution is 6.33. The fraction of sp³-hybridized carbons (Fsp3) is 0.182. The first-order valence-corrected chi connectivity index (χ1v) is 10.1. The van der Waals surface area contributed by atoms with E-state index >= 15 is 0 Å². The summed E-state index contributed by atoms with van der Waals surface area (Å²) in [5.41, 5.74) is 2.37. The molecule has 2 heterocycles. The van der Waals surface area contributed by atoms with Gasteiger partial charge in [0.2, 0.25) is 5.28 Å². The fourth-order valence-electron chi connectivity index (χ4n) is 2.93. The maximum atomic E-state index is 11.7. The van der Waals surface area contributed by atoms with Gasteiger partial charge in [-0.25, -0.2) is 9.78 Å². The minimum Gasteiger partial charge on any atom is -0.465 e. The number of rotatable bonds is 5. The zero-order chi connectivity index (χ0) is 22.6. The minimum absolute atomic E-state index is 0.0981. The molecule has 0 fully saturated rings. The van der Waals surface area contributed by atoms with E-state index in [0.29, 0.717) is 16.5 Å². The Hall–Kier alpha value is -3.16. The number of aromatic nitrogens is 3. The second kappa shape index (κ2) is 9.32. The van der Waals surface area contributed by atoms with Crippen molar-refractivity contribution in [3.05, 3.63) is 70.4 Å². The summed E-state index contributed by atoms with van der Waals surface area (Å²) in [4.78, 5) is 25.1. The highest BCUT2D eigenvalue weighted by Gasteiger charge is 2.28. The highest BCUT2D eigenvalue weighted by atomic mass is 35.5. The molecule has 0 aliphatic heterocycles. The van der Waals surface area contributed by atoms with Gasteiger partial charge in [0, 0.05) is 17.4 Å². The number of hydrogen-bond donors (Lipinski definition) is 2. The second-order valence-corrected chi connectivity index (χ2v) is 8.43. The SMILES string of the molecule is CC(C)(C)N(C(=O)O)c1cncc(/C=C\c2cccc(Nc3nc(Cl)ncc3Cl)c2)c1. The Bertz CT molecular complexity index is 1130. The Balaban J connectivity index is 1.82. The number of nitrogens with zero attached hydrogens (tertiary/aromatic N) is 4. The lowest BCUT2D eigenvalue weighted by molar-refractivity contribution is 0.195. The maximum absolute atomic E-state index is 11.7. The normalized spacial score (nSPS) is 11.5. The van der Waals surface area contributed by atoms with Crippen molar-refractivity contribution in [1.29, 1.82) is 0 Å². The number of pyridine rings is 1. The Morgan fingerprint density at radius 1 is 1.10 bits per heavy atom. The number of carboxylic acid groups (broad SMARTS) is 1. The van der Waals surface area contributed by atoms with Gasteiger partial charge in [-0.2, -0.15) is 4.98 Å². The van der Waals surface area contributed by atoms with Crippen LogP contribution in [0.3, 0.4) is 0 Å². The van der Waals surface area contributed by atoms with Gasteiger partial charge in [-0.3, -0.25) is 9.88 Å². The van der Waals surface area contributed by atoms with Crippen molar-refractivity contribution in [3.63, 3.8) is 0 Å². The molecule has 0 saturated carbocycles. The van der Waals surface area contributed by atoms with Crippen LogP contribution < -0.4 is 10.2 Å². The number of nitrogens with one attached hydrogen (secondary N) is 1. The third-order valence-corrected chi connectivity index (χ3v) is 4.66. The molecule has 0 aliphatic rings.